The molecule has 0 aliphatic heterocycles. The highest BCUT2D eigenvalue weighted by Gasteiger charge is 2.26. The highest BCUT2D eigenvalue weighted by molar-refractivity contribution is 5.97. The highest BCUT2D eigenvalue weighted by Crippen LogP contribution is 2.21. The summed E-state index contributed by atoms with van der Waals surface area (Å²) >= 11 is 0. The van der Waals surface area contributed by atoms with E-state index in [1.165, 1.54) is 18.2 Å². The molecule has 2 unspecified atom stereocenters. The molecule has 2 aromatic carbocycles. The lowest BCUT2D eigenvalue weighted by Crippen LogP contribution is -2.51. The van der Waals surface area contributed by atoms with Crippen LogP contribution in [0.25, 0.3) is 0 Å². The largest absolute Gasteiger partial charge is 0.497 e. The molecule has 30 heavy (non-hydrogen) atoms. The van der Waals surface area contributed by atoms with Gasteiger partial charge in [0.05, 0.1) is 18.7 Å². The van der Waals surface area contributed by atoms with E-state index in [4.69, 9.17) is 4.74 Å². The first-order valence-corrected chi connectivity index (χ1v) is 9.88. The molecule has 162 valence electrons. The Morgan fingerprint density at radius 2 is 1.70 bits per heavy atom. The van der Waals surface area contributed by atoms with Crippen molar-refractivity contribution in [3.8, 4) is 5.75 Å². The normalized spacial score (nSPS) is 13.1. The lowest BCUT2D eigenvalue weighted by molar-refractivity contribution is -0.124. The SMILES string of the molecule is COc1ccc(C(CNC(=O)C(NC(=O)c2ccccc2F)C(C)C)N(C)C)cc1. The lowest BCUT2D eigenvalue weighted by Gasteiger charge is -2.27. The van der Waals surface area contributed by atoms with Gasteiger partial charge in [0.25, 0.3) is 5.91 Å². The molecule has 0 spiro atoms. The smallest absolute Gasteiger partial charge is 0.254 e. The van der Waals surface area contributed by atoms with Gasteiger partial charge >= 0.3 is 0 Å². The van der Waals surface area contributed by atoms with Crippen LogP contribution in [0.5, 0.6) is 5.75 Å². The van der Waals surface area contributed by atoms with E-state index in [9.17, 15) is 14.0 Å². The van der Waals surface area contributed by atoms with Crippen LogP contribution in [0.2, 0.25) is 0 Å². The van der Waals surface area contributed by atoms with Crippen molar-refractivity contribution in [3.63, 3.8) is 0 Å². The Kier molecular flexibility index (Phi) is 8.35. The van der Waals surface area contributed by atoms with E-state index in [-0.39, 0.29) is 23.4 Å². The zero-order chi connectivity index (χ0) is 22.3. The second-order valence-corrected chi connectivity index (χ2v) is 7.67. The first-order valence-electron chi connectivity index (χ1n) is 9.88. The fourth-order valence-electron chi connectivity index (χ4n) is 3.13. The molecule has 2 rings (SSSR count). The molecule has 0 fully saturated rings. The zero-order valence-electron chi connectivity index (χ0n) is 18.1. The van der Waals surface area contributed by atoms with Crippen molar-refractivity contribution in [2.75, 3.05) is 27.7 Å². The summed E-state index contributed by atoms with van der Waals surface area (Å²) in [7, 11) is 5.47. The van der Waals surface area contributed by atoms with Gasteiger partial charge in [0.15, 0.2) is 0 Å². The molecular weight excluding hydrogens is 385 g/mol. The average Bonchev–Trinajstić information content (AvgIpc) is 2.72. The number of carbonyl (C=O) groups excluding carboxylic acids is 2. The highest BCUT2D eigenvalue weighted by atomic mass is 19.1. The third kappa shape index (κ3) is 6.03. The Bertz CT molecular complexity index is 853. The van der Waals surface area contributed by atoms with Crippen LogP contribution in [-0.4, -0.2) is 50.5 Å². The number of benzene rings is 2. The van der Waals surface area contributed by atoms with Gasteiger partial charge in [-0.1, -0.05) is 38.1 Å². The number of likely N-dealkylation sites (N-methyl/N-ethyl adjacent to an activating group) is 1. The van der Waals surface area contributed by atoms with Crippen molar-refractivity contribution in [2.45, 2.75) is 25.9 Å². The minimum Gasteiger partial charge on any atom is -0.497 e. The summed E-state index contributed by atoms with van der Waals surface area (Å²) in [6, 6.07) is 12.5. The van der Waals surface area contributed by atoms with Crippen LogP contribution in [0, 0.1) is 11.7 Å². The number of hydrogen-bond donors (Lipinski definition) is 2. The molecular formula is C23H30FN3O3. The van der Waals surface area contributed by atoms with Crippen LogP contribution >= 0.6 is 0 Å². The molecule has 0 heterocycles. The van der Waals surface area contributed by atoms with Crippen LogP contribution in [0.15, 0.2) is 48.5 Å². The molecule has 0 bridgehead atoms. The number of nitrogens with zero attached hydrogens (tertiary/aromatic N) is 1. The van der Waals surface area contributed by atoms with Gasteiger partial charge < -0.3 is 20.3 Å². The summed E-state index contributed by atoms with van der Waals surface area (Å²) in [5, 5.41) is 5.58. The number of methoxy groups -OCH3 is 1. The van der Waals surface area contributed by atoms with Gasteiger partial charge in [-0.25, -0.2) is 4.39 Å². The van der Waals surface area contributed by atoms with Gasteiger partial charge in [0.1, 0.15) is 17.6 Å². The molecule has 0 radical (unpaired) electrons. The minimum absolute atomic E-state index is 0.0602. The predicted molar refractivity (Wildman–Crippen MR) is 115 cm³/mol. The summed E-state index contributed by atoms with van der Waals surface area (Å²) < 4.78 is 19.1. The second-order valence-electron chi connectivity index (χ2n) is 7.67. The van der Waals surface area contributed by atoms with E-state index in [0.29, 0.717) is 6.54 Å². The Labute approximate surface area is 177 Å². The van der Waals surface area contributed by atoms with E-state index in [1.807, 2.05) is 57.1 Å². The molecule has 0 aliphatic carbocycles. The molecule has 6 nitrogen and oxygen atoms in total. The maximum absolute atomic E-state index is 13.9. The van der Waals surface area contributed by atoms with Crippen molar-refractivity contribution >= 4 is 11.8 Å². The quantitative estimate of drug-likeness (QED) is 0.661. The summed E-state index contributed by atoms with van der Waals surface area (Å²) in [6.45, 7) is 4.02. The van der Waals surface area contributed by atoms with E-state index in [0.717, 1.165) is 11.3 Å². The van der Waals surface area contributed by atoms with Gasteiger partial charge in [-0.05, 0) is 49.8 Å². The molecule has 0 saturated carbocycles. The molecule has 2 amide bonds. The van der Waals surface area contributed by atoms with Gasteiger partial charge in [-0.15, -0.1) is 0 Å². The molecule has 0 aromatic heterocycles. The van der Waals surface area contributed by atoms with E-state index in [2.05, 4.69) is 10.6 Å². The third-order valence-electron chi connectivity index (χ3n) is 4.95. The standard InChI is InChI=1S/C23H30FN3O3/c1-15(2)21(26-22(28)18-8-6-7-9-19(18)24)23(29)25-14-20(27(3)4)16-10-12-17(30-5)13-11-16/h6-13,15,20-21H,14H2,1-5H3,(H,25,29)(H,26,28). The molecule has 2 atom stereocenters. The topological polar surface area (TPSA) is 70.7 Å². The monoisotopic (exact) mass is 415 g/mol. The van der Waals surface area contributed by atoms with Crippen LogP contribution in [0.4, 0.5) is 4.39 Å². The minimum atomic E-state index is -0.782. The van der Waals surface area contributed by atoms with E-state index >= 15 is 0 Å². The number of ether oxygens (including phenoxy) is 1. The number of amides is 2. The van der Waals surface area contributed by atoms with E-state index in [1.54, 1.807) is 13.2 Å². The number of hydrogen-bond acceptors (Lipinski definition) is 4. The van der Waals surface area contributed by atoms with Crippen LogP contribution in [-0.2, 0) is 4.79 Å². The lowest BCUT2D eigenvalue weighted by atomic mass is 10.0. The number of nitrogens with one attached hydrogen (secondary N) is 2. The Morgan fingerprint density at radius 1 is 1.07 bits per heavy atom. The average molecular weight is 416 g/mol. The third-order valence-corrected chi connectivity index (χ3v) is 4.95. The zero-order valence-corrected chi connectivity index (χ0v) is 18.1. The number of carbonyl (C=O) groups is 2. The molecule has 7 heteroatoms. The van der Waals surface area contributed by atoms with Crippen LogP contribution in [0.1, 0.15) is 35.8 Å². The number of rotatable bonds is 9. The Morgan fingerprint density at radius 3 is 2.23 bits per heavy atom. The van der Waals surface area contributed by atoms with Gasteiger partial charge in [-0.3, -0.25) is 9.59 Å². The molecule has 0 saturated heterocycles. The molecule has 0 aliphatic rings. The summed E-state index contributed by atoms with van der Waals surface area (Å²) in [5.41, 5.74) is 0.943. The van der Waals surface area contributed by atoms with Crippen molar-refractivity contribution in [1.82, 2.24) is 15.5 Å². The first kappa shape index (κ1) is 23.3. The fourth-order valence-corrected chi connectivity index (χ4v) is 3.13. The summed E-state index contributed by atoms with van der Waals surface area (Å²) in [4.78, 5) is 27.3. The Balaban J connectivity index is 2.07. The molecule has 2 N–H and O–H groups in total. The van der Waals surface area contributed by atoms with Crippen molar-refractivity contribution < 1.29 is 18.7 Å². The maximum atomic E-state index is 13.9. The fraction of sp³-hybridized carbons (Fsp3) is 0.391. The second kappa shape index (κ2) is 10.7. The first-order chi connectivity index (χ1) is 14.2. The van der Waals surface area contributed by atoms with Crippen molar-refractivity contribution in [1.29, 1.82) is 0 Å². The van der Waals surface area contributed by atoms with Crippen LogP contribution in [0.3, 0.4) is 0 Å². The summed E-state index contributed by atoms with van der Waals surface area (Å²) in [5.74, 6) is -0.947. The van der Waals surface area contributed by atoms with Gasteiger partial charge in [0, 0.05) is 6.54 Å². The predicted octanol–water partition coefficient (Wildman–Crippen LogP) is 3.01. The molecule has 2 aromatic rings. The van der Waals surface area contributed by atoms with Crippen LogP contribution < -0.4 is 15.4 Å². The van der Waals surface area contributed by atoms with Gasteiger partial charge in [0.2, 0.25) is 5.91 Å². The van der Waals surface area contributed by atoms with Crippen molar-refractivity contribution in [3.05, 3.63) is 65.5 Å². The summed E-state index contributed by atoms with van der Waals surface area (Å²) in [6.07, 6.45) is 0. The number of halogens is 1. The van der Waals surface area contributed by atoms with E-state index < -0.39 is 17.8 Å². The maximum Gasteiger partial charge on any atom is 0.254 e. The Hall–Kier alpha value is -2.93. The van der Waals surface area contributed by atoms with Gasteiger partial charge in [-0.2, -0.15) is 0 Å². The van der Waals surface area contributed by atoms with Crippen molar-refractivity contribution in [2.24, 2.45) is 5.92 Å².